The molecule has 0 saturated carbocycles. The van der Waals surface area contributed by atoms with E-state index < -0.39 is 0 Å². The van der Waals surface area contributed by atoms with Crippen LogP contribution in [0.25, 0.3) is 127 Å². The van der Waals surface area contributed by atoms with Crippen molar-refractivity contribution in [1.82, 2.24) is 19.5 Å². The van der Waals surface area contributed by atoms with Crippen molar-refractivity contribution in [3.8, 4) is 67.5 Å². The predicted octanol–water partition coefficient (Wildman–Crippen LogP) is 13.6. The standard InChI is InChI=1S/C53H34N2.C11H8N.C9H7NO.C5H8O2.CH3.Ir.2Li/c1-2-16-44(17-3-1)55-50-21-11-10-20-49(50)54-53(55)38-26-22-37(23-27-38)41-30-31-47-48(34-41)52(43-29-25-36-13-5-7-15-40(36)33-43)46-19-9-8-18-45(46)51(47)42-28-24-35-12-4-6-14-39(35)32-42;1-2-6-10(7-3-1)11-8-4-5-9-12-11;11-8-5-1-3-7-4-2-6-10-9(7)8;1-4(6)3-5(2)7;;;;/h1-34H;1-6,8-9H;1-6,11H;3,6H,1-2H3;1H3;;;/q;-1;;;-1;;2*+1. The third kappa shape index (κ3) is 14.8. The zero-order valence-corrected chi connectivity index (χ0v) is 52.6. The number of hydrogen-bond donors (Lipinski definition) is 1. The van der Waals surface area contributed by atoms with Crippen LogP contribution in [0.4, 0.5) is 0 Å². The molecule has 425 valence electrons. The zero-order chi connectivity index (χ0) is 58.1. The molecule has 15 rings (SSSR count). The molecule has 10 heteroatoms. The molecular formula is C79H60IrLi2N4O3. The van der Waals surface area contributed by atoms with Crippen molar-refractivity contribution < 1.29 is 72.8 Å². The van der Waals surface area contributed by atoms with E-state index in [4.69, 9.17) is 14.9 Å². The molecule has 0 bridgehead atoms. The summed E-state index contributed by atoms with van der Waals surface area (Å²) in [4.78, 5) is 21.7. The van der Waals surface area contributed by atoms with E-state index in [0.29, 0.717) is 5.52 Å². The van der Waals surface area contributed by atoms with Gasteiger partial charge in [0.2, 0.25) is 0 Å². The molecule has 12 aromatic carbocycles. The molecule has 0 unspecified atom stereocenters. The van der Waals surface area contributed by atoms with E-state index in [-0.39, 0.29) is 82.5 Å². The van der Waals surface area contributed by atoms with Crippen molar-refractivity contribution in [2.75, 3.05) is 0 Å². The maximum Gasteiger partial charge on any atom is 1.00 e. The Kier molecular flexibility index (Phi) is 22.4. The summed E-state index contributed by atoms with van der Waals surface area (Å²) in [7, 11) is 0. The smallest absolute Gasteiger partial charge is 0.871 e. The topological polar surface area (TPSA) is 108 Å². The molecule has 89 heavy (non-hydrogen) atoms. The van der Waals surface area contributed by atoms with Crippen LogP contribution >= 0.6 is 0 Å². The van der Waals surface area contributed by atoms with Gasteiger partial charge in [0.1, 0.15) is 5.82 Å². The normalized spacial score (nSPS) is 10.7. The Bertz CT molecular complexity index is 4860. The molecule has 0 amide bonds. The second kappa shape index (κ2) is 30.5. The number of fused-ring (bicyclic) bond motifs is 6. The van der Waals surface area contributed by atoms with Gasteiger partial charge in [0, 0.05) is 43.7 Å². The van der Waals surface area contributed by atoms with Gasteiger partial charge in [-0.1, -0.05) is 206 Å². The largest absolute Gasteiger partial charge is 1.00 e. The Morgan fingerprint density at radius 2 is 1.00 bits per heavy atom. The van der Waals surface area contributed by atoms with Crippen molar-refractivity contribution in [2.45, 2.75) is 13.8 Å². The van der Waals surface area contributed by atoms with Crippen LogP contribution in [-0.2, 0) is 20.1 Å². The van der Waals surface area contributed by atoms with Gasteiger partial charge in [0.05, 0.1) is 35.3 Å². The Balaban J connectivity index is 0.000000246. The summed E-state index contributed by atoms with van der Waals surface area (Å²) in [6.45, 7) is 3.00. The minimum absolute atomic E-state index is 0. The van der Waals surface area contributed by atoms with Gasteiger partial charge in [0.15, 0.2) is 0 Å². The number of nitrogens with zero attached hydrogens (tertiary/aromatic N) is 4. The number of hydrogen-bond acceptors (Lipinski definition) is 5. The molecule has 0 atom stereocenters. The summed E-state index contributed by atoms with van der Waals surface area (Å²) >= 11 is 0. The van der Waals surface area contributed by atoms with E-state index in [2.05, 4.69) is 227 Å². The van der Waals surface area contributed by atoms with E-state index in [0.717, 1.165) is 50.3 Å². The molecule has 0 aliphatic carbocycles. The van der Waals surface area contributed by atoms with Gasteiger partial charge < -0.3 is 22.6 Å². The molecule has 7 nitrogen and oxygen atoms in total. The molecule has 15 aromatic rings. The maximum absolute atomic E-state index is 11.1. The van der Waals surface area contributed by atoms with E-state index in [9.17, 15) is 5.11 Å². The fourth-order valence-corrected chi connectivity index (χ4v) is 11.0. The van der Waals surface area contributed by atoms with Crippen LogP contribution in [0.2, 0.25) is 0 Å². The number of para-hydroxylation sites is 4. The number of allylic oxidation sites excluding steroid dienone is 2. The summed E-state index contributed by atoms with van der Waals surface area (Å²) < 4.78 is 2.26. The summed E-state index contributed by atoms with van der Waals surface area (Å²) in [5, 5.41) is 30.4. The summed E-state index contributed by atoms with van der Waals surface area (Å²) in [5.41, 5.74) is 14.1. The van der Waals surface area contributed by atoms with Crippen molar-refractivity contribution in [3.63, 3.8) is 0 Å². The number of ketones is 1. The third-order valence-electron chi connectivity index (χ3n) is 14.8. The number of benzene rings is 12. The maximum atomic E-state index is 11.1. The Morgan fingerprint density at radius 1 is 0.472 bits per heavy atom. The van der Waals surface area contributed by atoms with Crippen LogP contribution < -0.4 is 42.8 Å². The Morgan fingerprint density at radius 3 is 1.61 bits per heavy atom. The van der Waals surface area contributed by atoms with Crippen molar-refractivity contribution >= 4 is 70.8 Å². The number of pyridine rings is 2. The number of aromatic nitrogens is 4. The molecule has 3 heterocycles. The first-order chi connectivity index (χ1) is 41.7. The van der Waals surface area contributed by atoms with Gasteiger partial charge in [-0.3, -0.25) is 14.3 Å². The average molecular weight is 1320 g/mol. The quantitative estimate of drug-likeness (QED) is 0.0427. The molecule has 0 aliphatic rings. The van der Waals surface area contributed by atoms with Gasteiger partial charge in [-0.05, 0) is 149 Å². The molecule has 3 aromatic heterocycles. The number of carbonyl (C=O) groups excluding carboxylic acids is 1. The molecular weight excluding hydrogens is 1260 g/mol. The van der Waals surface area contributed by atoms with Crippen molar-refractivity contribution in [3.05, 3.63) is 317 Å². The molecule has 2 N–H and O–H groups in total. The average Bonchev–Trinajstić information content (AvgIpc) is 1.12. The summed E-state index contributed by atoms with van der Waals surface area (Å²) in [5.74, 6) is 1.17. The first kappa shape index (κ1) is 65.5. The van der Waals surface area contributed by atoms with E-state index in [1.165, 1.54) is 96.9 Å². The van der Waals surface area contributed by atoms with Gasteiger partial charge in [-0.2, -0.15) is 0 Å². The number of rotatable bonds is 7. The first-order valence-electron chi connectivity index (χ1n) is 28.1. The molecule has 0 fully saturated rings. The fourth-order valence-electron chi connectivity index (χ4n) is 11.0. The van der Waals surface area contributed by atoms with E-state index in [1.54, 1.807) is 18.5 Å². The molecule has 0 saturated heterocycles. The summed E-state index contributed by atoms with van der Waals surface area (Å²) in [6, 6.07) is 100. The number of aliphatic hydroxyl groups is 1. The molecule has 1 radical (unpaired) electrons. The second-order valence-corrected chi connectivity index (χ2v) is 20.6. The van der Waals surface area contributed by atoms with Gasteiger partial charge in [0.25, 0.3) is 0 Å². The zero-order valence-electron chi connectivity index (χ0n) is 50.2. The predicted molar refractivity (Wildman–Crippen MR) is 358 cm³/mol. The van der Waals surface area contributed by atoms with Gasteiger partial charge in [-0.15, -0.1) is 35.9 Å². The van der Waals surface area contributed by atoms with E-state index in [1.807, 2.05) is 60.7 Å². The van der Waals surface area contributed by atoms with Crippen molar-refractivity contribution in [1.29, 1.82) is 0 Å². The minimum atomic E-state index is -0.0110. The first-order valence-corrected chi connectivity index (χ1v) is 28.1. The van der Waals surface area contributed by atoms with Gasteiger partial charge >= 0.3 is 43.5 Å². The monoisotopic (exact) mass is 1320 g/mol. The van der Waals surface area contributed by atoms with Crippen LogP contribution in [0.5, 0.6) is 5.75 Å². The summed E-state index contributed by atoms with van der Waals surface area (Å²) in [6.07, 6.45) is 4.69. The van der Waals surface area contributed by atoms with E-state index >= 15 is 0 Å². The molecule has 0 aliphatic heterocycles. The second-order valence-electron chi connectivity index (χ2n) is 20.6. The third-order valence-corrected chi connectivity index (χ3v) is 14.8. The Hall–Kier alpha value is -9.44. The van der Waals surface area contributed by atoms with Gasteiger partial charge in [-0.25, -0.2) is 4.98 Å². The number of imidazole rings is 1. The van der Waals surface area contributed by atoms with Crippen LogP contribution in [0.1, 0.15) is 13.8 Å². The minimum Gasteiger partial charge on any atom is -0.871 e. The molecule has 0 spiro atoms. The van der Waals surface area contributed by atoms with Crippen LogP contribution in [-0.4, -0.2) is 35.2 Å². The Labute approximate surface area is 556 Å². The van der Waals surface area contributed by atoms with Crippen LogP contribution in [0, 0.1) is 13.5 Å². The van der Waals surface area contributed by atoms with Crippen LogP contribution in [0.3, 0.4) is 0 Å². The SMILES string of the molecule is CC(=[OH+])C=C(C)O.[CH3-].[Ir].[Li+].[Li+].[O-]c1cccc2cccnc12.[c-]1ccccc1-c1ccccn1.c1ccc(-n2c(-c3ccc(-c4ccc5c(-c6ccc7ccccc7c6)c6ccccc6c(-c6ccc7ccccc7c6)c5c4)cc3)nc3ccccc32)cc1. The fraction of sp³-hybridized carbons (Fsp3) is 0.0253. The number of aliphatic hydroxyl groups excluding tert-OH is 1. The van der Waals surface area contributed by atoms with Crippen LogP contribution in [0.15, 0.2) is 303 Å². The van der Waals surface area contributed by atoms with Crippen molar-refractivity contribution in [2.24, 2.45) is 0 Å².